The molecule has 0 unspecified atom stereocenters. The van der Waals surface area contributed by atoms with Crippen molar-refractivity contribution in [3.8, 4) is 0 Å². The number of primary sulfonamides is 1. The van der Waals surface area contributed by atoms with Gasteiger partial charge in [-0.05, 0) is 18.2 Å². The van der Waals surface area contributed by atoms with Gasteiger partial charge in [0.1, 0.15) is 5.82 Å². The number of carbonyl (C=O) groups excluding carboxylic acids is 1. The van der Waals surface area contributed by atoms with Crippen molar-refractivity contribution in [3.63, 3.8) is 0 Å². The molecule has 18 heavy (non-hydrogen) atoms. The third-order valence-electron chi connectivity index (χ3n) is 2.05. The van der Waals surface area contributed by atoms with Crippen molar-refractivity contribution in [3.05, 3.63) is 29.6 Å². The van der Waals surface area contributed by atoms with Gasteiger partial charge < -0.3 is 10.1 Å². The highest BCUT2D eigenvalue weighted by Gasteiger charge is 2.14. The van der Waals surface area contributed by atoms with Crippen molar-refractivity contribution in [1.82, 2.24) is 5.32 Å². The average molecular weight is 276 g/mol. The fourth-order valence-corrected chi connectivity index (χ4v) is 1.79. The Morgan fingerprint density at radius 1 is 1.44 bits per heavy atom. The summed E-state index contributed by atoms with van der Waals surface area (Å²) in [7, 11) is -2.59. The quantitative estimate of drug-likeness (QED) is 0.731. The molecule has 1 amide bonds. The number of hydrogen-bond acceptors (Lipinski definition) is 4. The van der Waals surface area contributed by atoms with Gasteiger partial charge in [0.05, 0.1) is 11.5 Å². The Labute approximate surface area is 104 Å². The number of hydrogen-bond donors (Lipinski definition) is 2. The molecule has 0 saturated heterocycles. The Morgan fingerprint density at radius 2 is 2.11 bits per heavy atom. The number of methoxy groups -OCH3 is 1. The largest absolute Gasteiger partial charge is 0.383 e. The lowest BCUT2D eigenvalue weighted by Crippen LogP contribution is -2.27. The predicted molar refractivity (Wildman–Crippen MR) is 62.0 cm³/mol. The van der Waals surface area contributed by atoms with E-state index in [1.54, 1.807) is 0 Å². The van der Waals surface area contributed by atoms with Crippen LogP contribution in [0.5, 0.6) is 0 Å². The Kier molecular flexibility index (Phi) is 4.76. The zero-order chi connectivity index (χ0) is 13.8. The van der Waals surface area contributed by atoms with E-state index in [1.165, 1.54) is 7.11 Å². The van der Waals surface area contributed by atoms with Crippen LogP contribution in [0.2, 0.25) is 0 Å². The van der Waals surface area contributed by atoms with E-state index in [0.29, 0.717) is 6.61 Å². The van der Waals surface area contributed by atoms with E-state index in [1.807, 2.05) is 0 Å². The Bertz CT molecular complexity index is 545. The molecule has 0 atom stereocenters. The fourth-order valence-electron chi connectivity index (χ4n) is 1.23. The molecule has 1 aromatic carbocycles. The van der Waals surface area contributed by atoms with Crippen molar-refractivity contribution < 1.29 is 22.3 Å². The highest BCUT2D eigenvalue weighted by Crippen LogP contribution is 2.13. The van der Waals surface area contributed by atoms with Crippen molar-refractivity contribution in [1.29, 1.82) is 0 Å². The number of nitrogens with two attached hydrogens (primary N) is 1. The molecule has 0 fully saturated rings. The van der Waals surface area contributed by atoms with Crippen LogP contribution in [0.1, 0.15) is 10.4 Å². The van der Waals surface area contributed by atoms with Gasteiger partial charge in [0.25, 0.3) is 5.91 Å². The zero-order valence-corrected chi connectivity index (χ0v) is 10.5. The molecule has 1 rings (SSSR count). The summed E-state index contributed by atoms with van der Waals surface area (Å²) in [5.41, 5.74) is -0.116. The van der Waals surface area contributed by atoms with Gasteiger partial charge in [0.2, 0.25) is 10.0 Å². The second kappa shape index (κ2) is 5.89. The van der Waals surface area contributed by atoms with Crippen molar-refractivity contribution >= 4 is 15.9 Å². The number of nitrogens with one attached hydrogen (secondary N) is 1. The lowest BCUT2D eigenvalue weighted by molar-refractivity contribution is 0.0936. The summed E-state index contributed by atoms with van der Waals surface area (Å²) in [6, 6.07) is 2.69. The van der Waals surface area contributed by atoms with E-state index in [9.17, 15) is 17.6 Å². The number of carbonyl (C=O) groups is 1. The summed E-state index contributed by atoms with van der Waals surface area (Å²) in [4.78, 5) is 11.1. The Hall–Kier alpha value is -1.51. The maximum Gasteiger partial charge on any atom is 0.251 e. The van der Waals surface area contributed by atoms with E-state index in [0.717, 1.165) is 18.2 Å². The lowest BCUT2D eigenvalue weighted by atomic mass is 10.2. The first-order chi connectivity index (χ1) is 8.34. The van der Waals surface area contributed by atoms with Gasteiger partial charge in [0, 0.05) is 19.2 Å². The van der Waals surface area contributed by atoms with Crippen molar-refractivity contribution in [2.45, 2.75) is 4.90 Å². The molecule has 100 valence electrons. The van der Waals surface area contributed by atoms with E-state index < -0.39 is 26.6 Å². The maximum atomic E-state index is 13.2. The molecule has 6 nitrogen and oxygen atoms in total. The van der Waals surface area contributed by atoms with Crippen molar-refractivity contribution in [2.24, 2.45) is 5.14 Å². The molecule has 0 saturated carbocycles. The Morgan fingerprint density at radius 3 is 2.67 bits per heavy atom. The van der Waals surface area contributed by atoms with E-state index in [4.69, 9.17) is 9.88 Å². The number of amides is 1. The smallest absolute Gasteiger partial charge is 0.251 e. The molecule has 0 bridgehead atoms. The lowest BCUT2D eigenvalue weighted by Gasteiger charge is -2.06. The molecule has 0 aliphatic heterocycles. The average Bonchev–Trinajstić information content (AvgIpc) is 2.27. The molecular formula is C10H13FN2O4S. The van der Waals surface area contributed by atoms with Gasteiger partial charge in [-0.25, -0.2) is 17.9 Å². The zero-order valence-electron chi connectivity index (χ0n) is 9.64. The highest BCUT2D eigenvalue weighted by atomic mass is 32.2. The summed E-state index contributed by atoms with van der Waals surface area (Å²) in [6.07, 6.45) is 0. The minimum absolute atomic E-state index is 0.116. The molecule has 0 aliphatic carbocycles. The van der Waals surface area contributed by atoms with E-state index >= 15 is 0 Å². The molecule has 3 N–H and O–H groups in total. The predicted octanol–water partition coefficient (Wildman–Crippen LogP) is -0.151. The molecule has 0 radical (unpaired) electrons. The standard InChI is InChI=1S/C10H13FN2O4S/c1-17-3-2-13-10(14)7-4-8(11)6-9(5-7)18(12,15)16/h4-6H,2-3H2,1H3,(H,13,14)(H2,12,15,16). The first-order valence-corrected chi connectivity index (χ1v) is 6.50. The molecule has 1 aromatic rings. The number of halogens is 1. The monoisotopic (exact) mass is 276 g/mol. The van der Waals surface area contributed by atoms with Gasteiger partial charge in [-0.2, -0.15) is 0 Å². The van der Waals surface area contributed by atoms with Crippen LogP contribution < -0.4 is 10.5 Å². The third kappa shape index (κ3) is 4.06. The summed E-state index contributed by atoms with van der Waals surface area (Å²) < 4.78 is 40.1. The molecule has 0 aromatic heterocycles. The molecule has 8 heteroatoms. The third-order valence-corrected chi connectivity index (χ3v) is 2.95. The SMILES string of the molecule is COCCNC(=O)c1cc(F)cc(S(N)(=O)=O)c1. The second-order valence-electron chi connectivity index (χ2n) is 3.47. The number of rotatable bonds is 5. The summed E-state index contributed by atoms with van der Waals surface area (Å²) in [5.74, 6) is -1.45. The first-order valence-electron chi connectivity index (χ1n) is 4.95. The normalized spacial score (nSPS) is 11.3. The van der Waals surface area contributed by atoms with Crippen LogP contribution in [0.25, 0.3) is 0 Å². The number of ether oxygens (including phenoxy) is 1. The van der Waals surface area contributed by atoms with E-state index in [2.05, 4.69) is 5.32 Å². The molecule has 0 aliphatic rings. The summed E-state index contributed by atoms with van der Waals surface area (Å²) in [6.45, 7) is 0.527. The first kappa shape index (κ1) is 14.6. The van der Waals surface area contributed by atoms with Gasteiger partial charge in [0.15, 0.2) is 0 Å². The van der Waals surface area contributed by atoms with Crippen LogP contribution in [0.15, 0.2) is 23.1 Å². The Balaban J connectivity index is 2.96. The van der Waals surface area contributed by atoms with Gasteiger partial charge >= 0.3 is 0 Å². The molecular weight excluding hydrogens is 263 g/mol. The van der Waals surface area contributed by atoms with Crippen LogP contribution in [0.3, 0.4) is 0 Å². The molecule has 0 heterocycles. The minimum atomic E-state index is -4.05. The minimum Gasteiger partial charge on any atom is -0.383 e. The van der Waals surface area contributed by atoms with Crippen LogP contribution in [-0.2, 0) is 14.8 Å². The summed E-state index contributed by atoms with van der Waals surface area (Å²) >= 11 is 0. The van der Waals surface area contributed by atoms with E-state index in [-0.39, 0.29) is 12.1 Å². The molecule has 0 spiro atoms. The topological polar surface area (TPSA) is 98.5 Å². The maximum absolute atomic E-state index is 13.2. The van der Waals surface area contributed by atoms with Crippen LogP contribution in [0.4, 0.5) is 4.39 Å². The highest BCUT2D eigenvalue weighted by molar-refractivity contribution is 7.89. The number of benzene rings is 1. The second-order valence-corrected chi connectivity index (χ2v) is 5.03. The number of sulfonamides is 1. The van der Waals surface area contributed by atoms with Gasteiger partial charge in [-0.15, -0.1) is 0 Å². The van der Waals surface area contributed by atoms with Crippen LogP contribution in [0, 0.1) is 5.82 Å². The van der Waals surface area contributed by atoms with Gasteiger partial charge in [-0.1, -0.05) is 0 Å². The summed E-state index contributed by atoms with van der Waals surface area (Å²) in [5, 5.41) is 7.31. The van der Waals surface area contributed by atoms with Crippen LogP contribution >= 0.6 is 0 Å². The van der Waals surface area contributed by atoms with Crippen LogP contribution in [-0.4, -0.2) is 34.6 Å². The van der Waals surface area contributed by atoms with Crippen molar-refractivity contribution in [2.75, 3.05) is 20.3 Å². The fraction of sp³-hybridized carbons (Fsp3) is 0.300. The van der Waals surface area contributed by atoms with Gasteiger partial charge in [-0.3, -0.25) is 4.79 Å².